The second-order valence-corrected chi connectivity index (χ2v) is 10.5. The van der Waals surface area contributed by atoms with Crippen molar-refractivity contribution in [1.29, 1.82) is 0 Å². The van der Waals surface area contributed by atoms with Crippen molar-refractivity contribution >= 4 is 33.1 Å². The average molecular weight is 417 g/mol. The Morgan fingerprint density at radius 2 is 1.85 bits per heavy atom. The number of nitrogens with one attached hydrogen (secondary N) is 1. The first-order chi connectivity index (χ1) is 12.6. The Labute approximate surface area is 165 Å². The lowest BCUT2D eigenvalue weighted by Gasteiger charge is -2.34. The molecule has 0 aromatic carbocycles. The number of Topliss-reactive ketones (excluding diaryl/α,β-unsaturated/α-hetero) is 1. The topological polar surface area (TPSA) is 92.8 Å². The second kappa shape index (κ2) is 9.27. The van der Waals surface area contributed by atoms with Gasteiger partial charge in [0.25, 0.3) is 0 Å². The summed E-state index contributed by atoms with van der Waals surface area (Å²) in [5, 5.41) is 2.60. The van der Waals surface area contributed by atoms with E-state index in [9.17, 15) is 18.0 Å². The average Bonchev–Trinajstić information content (AvgIpc) is 2.90. The number of carbonyl (C=O) groups excluding carboxylic acids is 2. The van der Waals surface area contributed by atoms with Gasteiger partial charge in [0, 0.05) is 47.8 Å². The zero-order valence-electron chi connectivity index (χ0n) is 16.3. The molecule has 152 valence electrons. The molecular formula is C18H28N2O5S2. The van der Waals surface area contributed by atoms with E-state index in [1.54, 1.807) is 11.3 Å². The zero-order valence-corrected chi connectivity index (χ0v) is 17.9. The van der Waals surface area contributed by atoms with Crippen LogP contribution in [-0.4, -0.2) is 62.0 Å². The van der Waals surface area contributed by atoms with Crippen molar-refractivity contribution in [2.45, 2.75) is 52.7 Å². The molecule has 1 amide bonds. The molecule has 1 fully saturated rings. The molecule has 9 heteroatoms. The molecule has 1 aromatic rings. The summed E-state index contributed by atoms with van der Waals surface area (Å²) in [5.41, 5.74) is 0.670. The van der Waals surface area contributed by atoms with Gasteiger partial charge >= 0.3 is 0 Å². The Morgan fingerprint density at radius 3 is 2.41 bits per heavy atom. The smallest absolute Gasteiger partial charge is 0.220 e. The lowest BCUT2D eigenvalue weighted by molar-refractivity contribution is -0.120. The largest absolute Gasteiger partial charge is 0.373 e. The van der Waals surface area contributed by atoms with Crippen LogP contribution in [0.15, 0.2) is 6.07 Å². The van der Waals surface area contributed by atoms with Crippen LogP contribution in [0.3, 0.4) is 0 Å². The first-order valence-electron chi connectivity index (χ1n) is 9.08. The molecule has 0 bridgehead atoms. The summed E-state index contributed by atoms with van der Waals surface area (Å²) < 4.78 is 31.8. The maximum atomic E-state index is 12.4. The number of ketones is 1. The maximum absolute atomic E-state index is 12.4. The Morgan fingerprint density at radius 1 is 1.22 bits per heavy atom. The van der Waals surface area contributed by atoms with Crippen LogP contribution in [0.5, 0.6) is 0 Å². The van der Waals surface area contributed by atoms with Crippen LogP contribution in [0.1, 0.15) is 46.8 Å². The van der Waals surface area contributed by atoms with Crippen LogP contribution in [0.4, 0.5) is 0 Å². The minimum Gasteiger partial charge on any atom is -0.373 e. The first kappa shape index (κ1) is 22.0. The molecule has 1 aromatic heterocycles. The fraction of sp³-hybridized carbons (Fsp3) is 0.667. The summed E-state index contributed by atoms with van der Waals surface area (Å²) >= 11 is 1.56. The molecule has 1 aliphatic heterocycles. The van der Waals surface area contributed by atoms with Crippen LogP contribution >= 0.6 is 11.3 Å². The van der Waals surface area contributed by atoms with E-state index in [4.69, 9.17) is 4.74 Å². The maximum Gasteiger partial charge on any atom is 0.220 e. The minimum absolute atomic E-state index is 0.0338. The summed E-state index contributed by atoms with van der Waals surface area (Å²) in [4.78, 5) is 26.2. The van der Waals surface area contributed by atoms with Gasteiger partial charge in [-0.2, -0.15) is 4.31 Å². The Balaban J connectivity index is 1.75. The molecule has 27 heavy (non-hydrogen) atoms. The van der Waals surface area contributed by atoms with Gasteiger partial charge in [0.05, 0.1) is 18.0 Å². The lowest BCUT2D eigenvalue weighted by Crippen LogP contribution is -2.49. The fourth-order valence-electron chi connectivity index (χ4n) is 3.16. The highest BCUT2D eigenvalue weighted by molar-refractivity contribution is 7.89. The normalized spacial score (nSPS) is 21.2. The summed E-state index contributed by atoms with van der Waals surface area (Å²) in [7, 11) is -3.45. The molecule has 0 aliphatic carbocycles. The van der Waals surface area contributed by atoms with Crippen molar-refractivity contribution in [2.75, 3.05) is 25.4 Å². The summed E-state index contributed by atoms with van der Waals surface area (Å²) in [6, 6.07) is 1.84. The SMILES string of the molecule is Cc1cc(C(=O)CCC(=O)NCCS(=O)(=O)N2C[C@@H](C)O[C@@H](C)C2)c(C)s1. The van der Waals surface area contributed by atoms with Gasteiger partial charge < -0.3 is 10.1 Å². The van der Waals surface area contributed by atoms with Gasteiger partial charge in [0.15, 0.2) is 5.78 Å². The standard InChI is InChI=1S/C18H28N2O5S2/c1-12-10-20(11-13(2)25-12)27(23,24)8-7-19-18(22)6-5-17(21)16-9-14(3)26-15(16)4/h9,12-13H,5-8,10-11H2,1-4H3,(H,19,22)/t12-,13+. The minimum atomic E-state index is -3.45. The molecule has 2 heterocycles. The predicted octanol–water partition coefficient (Wildman–Crippen LogP) is 1.88. The van der Waals surface area contributed by atoms with Crippen LogP contribution in [0.2, 0.25) is 0 Å². The molecule has 0 radical (unpaired) electrons. The molecule has 0 spiro atoms. The molecular weight excluding hydrogens is 388 g/mol. The number of amides is 1. The van der Waals surface area contributed by atoms with Gasteiger partial charge in [0.2, 0.25) is 15.9 Å². The monoisotopic (exact) mass is 416 g/mol. The number of sulfonamides is 1. The van der Waals surface area contributed by atoms with Gasteiger partial charge in [-0.25, -0.2) is 8.42 Å². The number of carbonyl (C=O) groups is 2. The quantitative estimate of drug-likeness (QED) is 0.653. The molecule has 2 atom stereocenters. The van der Waals surface area contributed by atoms with Gasteiger partial charge in [-0.1, -0.05) is 0 Å². The second-order valence-electron chi connectivity index (χ2n) is 6.99. The predicted molar refractivity (Wildman–Crippen MR) is 106 cm³/mol. The number of aryl methyl sites for hydroxylation is 2. The van der Waals surface area contributed by atoms with Gasteiger partial charge in [-0.3, -0.25) is 9.59 Å². The van der Waals surface area contributed by atoms with Crippen molar-refractivity contribution in [3.8, 4) is 0 Å². The highest BCUT2D eigenvalue weighted by atomic mass is 32.2. The number of hydrogen-bond donors (Lipinski definition) is 1. The van der Waals surface area contributed by atoms with Gasteiger partial charge in [-0.05, 0) is 33.8 Å². The Kier molecular flexibility index (Phi) is 7.55. The summed E-state index contributed by atoms with van der Waals surface area (Å²) in [6.07, 6.45) is -0.117. The van der Waals surface area contributed by atoms with Crippen LogP contribution in [-0.2, 0) is 19.6 Å². The van der Waals surface area contributed by atoms with E-state index in [0.29, 0.717) is 18.7 Å². The number of ether oxygens (including phenoxy) is 1. The van der Waals surface area contributed by atoms with Crippen molar-refractivity contribution in [1.82, 2.24) is 9.62 Å². The van der Waals surface area contributed by atoms with E-state index in [-0.39, 0.29) is 49.0 Å². The number of hydrogen-bond acceptors (Lipinski definition) is 6. The highest BCUT2D eigenvalue weighted by Gasteiger charge is 2.30. The van der Waals surface area contributed by atoms with E-state index in [1.807, 2.05) is 33.8 Å². The van der Waals surface area contributed by atoms with Crippen LogP contribution in [0, 0.1) is 13.8 Å². The third-order valence-corrected chi connectivity index (χ3v) is 7.15. The number of rotatable bonds is 8. The van der Waals surface area contributed by atoms with E-state index in [0.717, 1.165) is 9.75 Å². The van der Waals surface area contributed by atoms with Crippen LogP contribution in [0.25, 0.3) is 0 Å². The Bertz CT molecular complexity index is 778. The van der Waals surface area contributed by atoms with E-state index >= 15 is 0 Å². The molecule has 1 aliphatic rings. The Hall–Kier alpha value is -1.29. The van der Waals surface area contributed by atoms with Crippen molar-refractivity contribution < 1.29 is 22.7 Å². The molecule has 7 nitrogen and oxygen atoms in total. The zero-order chi connectivity index (χ0) is 20.2. The third-order valence-electron chi connectivity index (χ3n) is 4.38. The number of thiophene rings is 1. The fourth-order valence-corrected chi connectivity index (χ4v) is 5.60. The molecule has 0 unspecified atom stereocenters. The number of nitrogens with zero attached hydrogens (tertiary/aromatic N) is 1. The van der Waals surface area contributed by atoms with E-state index < -0.39 is 10.0 Å². The van der Waals surface area contributed by atoms with Gasteiger partial charge in [-0.15, -0.1) is 11.3 Å². The number of morpholine rings is 1. The van der Waals surface area contributed by atoms with Crippen LogP contribution < -0.4 is 5.32 Å². The van der Waals surface area contributed by atoms with Crippen molar-refractivity contribution in [2.24, 2.45) is 0 Å². The summed E-state index contributed by atoms with van der Waals surface area (Å²) in [5.74, 6) is -0.530. The summed E-state index contributed by atoms with van der Waals surface area (Å²) in [6.45, 7) is 8.21. The van der Waals surface area contributed by atoms with Crippen molar-refractivity contribution in [3.63, 3.8) is 0 Å². The first-order valence-corrected chi connectivity index (χ1v) is 11.5. The molecule has 2 rings (SSSR count). The van der Waals surface area contributed by atoms with Crippen molar-refractivity contribution in [3.05, 3.63) is 21.4 Å². The molecule has 1 N–H and O–H groups in total. The third kappa shape index (κ3) is 6.38. The highest BCUT2D eigenvalue weighted by Crippen LogP contribution is 2.22. The van der Waals surface area contributed by atoms with E-state index in [1.165, 1.54) is 4.31 Å². The molecule has 1 saturated heterocycles. The van der Waals surface area contributed by atoms with Gasteiger partial charge in [0.1, 0.15) is 0 Å². The van der Waals surface area contributed by atoms with E-state index in [2.05, 4.69) is 5.32 Å². The molecule has 0 saturated carbocycles. The lowest BCUT2D eigenvalue weighted by atomic mass is 10.1.